The number of nitrogens with zero attached hydrogens (tertiary/aromatic N) is 3. The van der Waals surface area contributed by atoms with Crippen molar-refractivity contribution in [2.45, 2.75) is 44.0 Å². The molecule has 2 aliphatic heterocycles. The summed E-state index contributed by atoms with van der Waals surface area (Å²) in [7, 11) is 0. The van der Waals surface area contributed by atoms with Crippen LogP contribution < -0.4 is 11.1 Å². The van der Waals surface area contributed by atoms with Crippen LogP contribution >= 0.6 is 0 Å². The second-order valence-corrected chi connectivity index (χ2v) is 6.60. The van der Waals surface area contributed by atoms with E-state index in [-0.39, 0.29) is 29.4 Å². The van der Waals surface area contributed by atoms with Gasteiger partial charge in [-0.05, 0) is 25.7 Å². The second-order valence-electron chi connectivity index (χ2n) is 6.60. The molecule has 1 aromatic rings. The number of aromatic nitrogens is 2. The van der Waals surface area contributed by atoms with Crippen molar-refractivity contribution < 1.29 is 22.7 Å². The number of nitrogens with two attached hydrogens (primary N) is 1. The predicted molar refractivity (Wildman–Crippen MR) is 87.6 cm³/mol. The summed E-state index contributed by atoms with van der Waals surface area (Å²) in [5.74, 6) is -1.77. The number of halogens is 3. The van der Waals surface area contributed by atoms with Crippen LogP contribution in [0.5, 0.6) is 0 Å². The summed E-state index contributed by atoms with van der Waals surface area (Å²) < 4.78 is 44.3. The molecule has 26 heavy (non-hydrogen) atoms. The molecule has 1 amide bonds. The van der Waals surface area contributed by atoms with Crippen LogP contribution in [-0.2, 0) is 10.9 Å². The average molecular weight is 373 g/mol. The predicted octanol–water partition coefficient (Wildman–Crippen LogP) is 1.65. The Morgan fingerprint density at radius 2 is 2.08 bits per heavy atom. The molecule has 3 heterocycles. The molecule has 7 nitrogen and oxygen atoms in total. The lowest BCUT2D eigenvalue weighted by Gasteiger charge is -2.30. The summed E-state index contributed by atoms with van der Waals surface area (Å²) in [6.07, 6.45) is -0.793. The van der Waals surface area contributed by atoms with E-state index in [4.69, 9.17) is 10.5 Å². The molecule has 10 heteroatoms. The van der Waals surface area contributed by atoms with E-state index >= 15 is 0 Å². The van der Waals surface area contributed by atoms with Crippen LogP contribution in [0, 0.1) is 0 Å². The fraction of sp³-hybridized carbons (Fsp3) is 0.688. The van der Waals surface area contributed by atoms with E-state index < -0.39 is 12.0 Å². The quantitative estimate of drug-likeness (QED) is 0.834. The van der Waals surface area contributed by atoms with E-state index in [0.717, 1.165) is 19.0 Å². The summed E-state index contributed by atoms with van der Waals surface area (Å²) in [4.78, 5) is 21.2. The van der Waals surface area contributed by atoms with Gasteiger partial charge in [-0.25, -0.2) is 9.97 Å². The molecule has 0 bridgehead atoms. The van der Waals surface area contributed by atoms with Crippen LogP contribution in [0.3, 0.4) is 0 Å². The first kappa shape index (κ1) is 18.8. The number of carbonyl (C=O) groups is 1. The Bertz CT molecular complexity index is 641. The van der Waals surface area contributed by atoms with Gasteiger partial charge in [0.05, 0.1) is 6.10 Å². The monoisotopic (exact) mass is 373 g/mol. The lowest BCUT2D eigenvalue weighted by molar-refractivity contribution is -0.144. The van der Waals surface area contributed by atoms with E-state index in [1.54, 1.807) is 4.90 Å². The average Bonchev–Trinajstić information content (AvgIpc) is 3.12. The molecule has 3 N–H and O–H groups in total. The SMILES string of the molecule is NC1CCN(C(=O)c2cnc(C(F)(F)F)nc2NCC2CCCO2)CC1. The number of rotatable bonds is 4. The number of hydrogen-bond acceptors (Lipinski definition) is 6. The van der Waals surface area contributed by atoms with Crippen molar-refractivity contribution in [1.29, 1.82) is 0 Å². The van der Waals surface area contributed by atoms with Crippen LogP contribution in [0.25, 0.3) is 0 Å². The Balaban J connectivity index is 1.81. The van der Waals surface area contributed by atoms with Gasteiger partial charge in [-0.15, -0.1) is 0 Å². The van der Waals surface area contributed by atoms with Gasteiger partial charge in [-0.1, -0.05) is 0 Å². The minimum absolute atomic E-state index is 0.0338. The van der Waals surface area contributed by atoms with Crippen molar-refractivity contribution in [3.8, 4) is 0 Å². The molecule has 1 unspecified atom stereocenters. The van der Waals surface area contributed by atoms with Gasteiger partial charge in [0.25, 0.3) is 5.91 Å². The molecular formula is C16H22F3N5O2. The number of anilines is 1. The van der Waals surface area contributed by atoms with Gasteiger partial charge in [0, 0.05) is 38.5 Å². The minimum atomic E-state index is -4.68. The van der Waals surface area contributed by atoms with Crippen molar-refractivity contribution in [2.24, 2.45) is 5.73 Å². The maximum Gasteiger partial charge on any atom is 0.451 e. The maximum atomic E-state index is 13.0. The first-order valence-electron chi connectivity index (χ1n) is 8.69. The van der Waals surface area contributed by atoms with Crippen molar-refractivity contribution in [1.82, 2.24) is 14.9 Å². The molecule has 0 radical (unpaired) electrons. The van der Waals surface area contributed by atoms with Gasteiger partial charge in [0.15, 0.2) is 0 Å². The number of alkyl halides is 3. The lowest BCUT2D eigenvalue weighted by atomic mass is 10.1. The summed E-state index contributed by atoms with van der Waals surface area (Å²) in [6.45, 7) is 1.85. The number of nitrogens with one attached hydrogen (secondary N) is 1. The molecule has 0 aromatic carbocycles. The Morgan fingerprint density at radius 3 is 2.69 bits per heavy atom. The number of hydrogen-bond donors (Lipinski definition) is 2. The highest BCUT2D eigenvalue weighted by Crippen LogP contribution is 2.28. The van der Waals surface area contributed by atoms with Gasteiger partial charge in [0.1, 0.15) is 11.4 Å². The second kappa shape index (κ2) is 7.75. The number of ether oxygens (including phenoxy) is 1. The van der Waals surface area contributed by atoms with E-state index in [0.29, 0.717) is 39.1 Å². The van der Waals surface area contributed by atoms with E-state index in [1.807, 2.05) is 0 Å². The number of carbonyl (C=O) groups excluding carboxylic acids is 1. The highest BCUT2D eigenvalue weighted by atomic mass is 19.4. The van der Waals surface area contributed by atoms with Gasteiger partial charge >= 0.3 is 6.18 Å². The van der Waals surface area contributed by atoms with Gasteiger partial charge < -0.3 is 20.7 Å². The molecule has 0 spiro atoms. The van der Waals surface area contributed by atoms with E-state index in [1.165, 1.54) is 0 Å². The van der Waals surface area contributed by atoms with E-state index in [2.05, 4.69) is 15.3 Å². The van der Waals surface area contributed by atoms with Crippen LogP contribution in [0.15, 0.2) is 6.20 Å². The molecule has 144 valence electrons. The smallest absolute Gasteiger partial charge is 0.376 e. The summed E-state index contributed by atoms with van der Waals surface area (Å²) >= 11 is 0. The molecule has 1 aromatic heterocycles. The highest BCUT2D eigenvalue weighted by molar-refractivity contribution is 5.98. The van der Waals surface area contributed by atoms with Crippen molar-refractivity contribution in [3.05, 3.63) is 17.6 Å². The summed E-state index contributed by atoms with van der Waals surface area (Å²) in [6, 6.07) is 0.0417. The fourth-order valence-corrected chi connectivity index (χ4v) is 3.10. The zero-order valence-electron chi connectivity index (χ0n) is 14.3. The standard InChI is InChI=1S/C16H22F3N5O2/c17-16(18,19)15-22-9-12(14(25)24-5-3-10(20)4-6-24)13(23-15)21-8-11-2-1-7-26-11/h9-11H,1-8,20H2,(H,21,22,23). The molecule has 2 saturated heterocycles. The van der Waals surface area contributed by atoms with Crippen molar-refractivity contribution in [3.63, 3.8) is 0 Å². The van der Waals surface area contributed by atoms with Crippen LogP contribution in [0.1, 0.15) is 41.9 Å². The van der Waals surface area contributed by atoms with Gasteiger partial charge in [-0.2, -0.15) is 13.2 Å². The van der Waals surface area contributed by atoms with E-state index in [9.17, 15) is 18.0 Å². The maximum absolute atomic E-state index is 13.0. The van der Waals surface area contributed by atoms with Gasteiger partial charge in [-0.3, -0.25) is 4.79 Å². The Kier molecular flexibility index (Phi) is 5.61. The van der Waals surface area contributed by atoms with Crippen LogP contribution in [0.2, 0.25) is 0 Å². The third-order valence-corrected chi connectivity index (χ3v) is 4.62. The third-order valence-electron chi connectivity index (χ3n) is 4.62. The number of piperidine rings is 1. The zero-order valence-corrected chi connectivity index (χ0v) is 14.3. The normalized spacial score (nSPS) is 21.8. The molecule has 0 aliphatic carbocycles. The molecule has 3 rings (SSSR count). The Hall–Kier alpha value is -1.94. The minimum Gasteiger partial charge on any atom is -0.376 e. The first-order chi connectivity index (χ1) is 12.3. The summed E-state index contributed by atoms with van der Waals surface area (Å²) in [5.41, 5.74) is 5.87. The van der Waals surface area contributed by atoms with Crippen molar-refractivity contribution in [2.75, 3.05) is 31.6 Å². The third kappa shape index (κ3) is 4.42. The van der Waals surface area contributed by atoms with Crippen molar-refractivity contribution >= 4 is 11.7 Å². The topological polar surface area (TPSA) is 93.4 Å². The number of amides is 1. The van der Waals surface area contributed by atoms with Crippen LogP contribution in [-0.4, -0.2) is 59.2 Å². The molecule has 0 saturated carbocycles. The largest absolute Gasteiger partial charge is 0.451 e. The lowest BCUT2D eigenvalue weighted by Crippen LogP contribution is -2.43. The molecule has 2 fully saturated rings. The molecular weight excluding hydrogens is 351 g/mol. The zero-order chi connectivity index (χ0) is 18.7. The first-order valence-corrected chi connectivity index (χ1v) is 8.69. The van der Waals surface area contributed by atoms with Crippen LogP contribution in [0.4, 0.5) is 19.0 Å². The highest BCUT2D eigenvalue weighted by Gasteiger charge is 2.36. The fourth-order valence-electron chi connectivity index (χ4n) is 3.10. The van der Waals surface area contributed by atoms with Gasteiger partial charge in [0.2, 0.25) is 5.82 Å². The number of likely N-dealkylation sites (tertiary alicyclic amines) is 1. The Labute approximate surface area is 149 Å². The molecule has 2 aliphatic rings. The molecule has 1 atom stereocenters. The summed E-state index contributed by atoms with van der Waals surface area (Å²) in [5, 5.41) is 2.85. The Morgan fingerprint density at radius 1 is 1.35 bits per heavy atom.